The molecule has 2 fully saturated rings. The highest BCUT2D eigenvalue weighted by Crippen LogP contribution is 2.40. The molecule has 0 unspecified atom stereocenters. The smallest absolute Gasteiger partial charge is 0.129 e. The number of halogens is 1. The van der Waals surface area contributed by atoms with Gasteiger partial charge in [0.05, 0.1) is 6.61 Å². The lowest BCUT2D eigenvalue weighted by molar-refractivity contribution is 0.181. The first kappa shape index (κ1) is 19.9. The van der Waals surface area contributed by atoms with Crippen LogP contribution in [0.15, 0.2) is 18.2 Å². The van der Waals surface area contributed by atoms with Gasteiger partial charge in [0.1, 0.15) is 5.82 Å². The van der Waals surface area contributed by atoms with Crippen molar-refractivity contribution in [1.82, 2.24) is 0 Å². The van der Waals surface area contributed by atoms with Crippen molar-refractivity contribution < 1.29 is 9.13 Å². The van der Waals surface area contributed by atoms with E-state index in [-0.39, 0.29) is 5.82 Å². The van der Waals surface area contributed by atoms with E-state index in [1.54, 1.807) is 13.2 Å². The standard InChI is InChI=1S/C24H37FO/c1-3-18-4-6-19(7-5-18)8-9-20-10-12-21(13-11-20)22-14-15-23(17-26-2)24(25)16-22/h14-16,18-21H,3-13,17H2,1-2H3/t18-,19-,20?,21?. The summed E-state index contributed by atoms with van der Waals surface area (Å²) >= 11 is 0. The van der Waals surface area contributed by atoms with Crippen LogP contribution >= 0.6 is 0 Å². The van der Waals surface area contributed by atoms with Crippen molar-refractivity contribution in [3.05, 3.63) is 35.1 Å². The predicted molar refractivity (Wildman–Crippen MR) is 107 cm³/mol. The highest BCUT2D eigenvalue weighted by molar-refractivity contribution is 5.27. The van der Waals surface area contributed by atoms with Crippen molar-refractivity contribution >= 4 is 0 Å². The Balaban J connectivity index is 1.41. The molecule has 2 saturated carbocycles. The molecule has 0 spiro atoms. The summed E-state index contributed by atoms with van der Waals surface area (Å²) in [7, 11) is 1.62. The van der Waals surface area contributed by atoms with Gasteiger partial charge in [-0.05, 0) is 61.0 Å². The largest absolute Gasteiger partial charge is 0.380 e. The van der Waals surface area contributed by atoms with Gasteiger partial charge in [-0.25, -0.2) is 4.39 Å². The maximum absolute atomic E-state index is 14.2. The van der Waals surface area contributed by atoms with Gasteiger partial charge in [0, 0.05) is 12.7 Å². The monoisotopic (exact) mass is 360 g/mol. The molecule has 1 aromatic carbocycles. The average Bonchev–Trinajstić information content (AvgIpc) is 2.69. The zero-order chi connectivity index (χ0) is 18.4. The molecule has 2 aliphatic carbocycles. The Bertz CT molecular complexity index is 539. The van der Waals surface area contributed by atoms with Crippen LogP contribution in [0.2, 0.25) is 0 Å². The lowest BCUT2D eigenvalue weighted by Crippen LogP contribution is -2.17. The van der Waals surface area contributed by atoms with Gasteiger partial charge < -0.3 is 4.74 Å². The van der Waals surface area contributed by atoms with Gasteiger partial charge in [0.25, 0.3) is 0 Å². The zero-order valence-electron chi connectivity index (χ0n) is 16.8. The second kappa shape index (κ2) is 9.88. The van der Waals surface area contributed by atoms with Crippen molar-refractivity contribution in [2.24, 2.45) is 17.8 Å². The van der Waals surface area contributed by atoms with E-state index in [0.29, 0.717) is 18.1 Å². The first-order chi connectivity index (χ1) is 12.7. The number of benzene rings is 1. The van der Waals surface area contributed by atoms with Gasteiger partial charge >= 0.3 is 0 Å². The van der Waals surface area contributed by atoms with Gasteiger partial charge in [-0.15, -0.1) is 0 Å². The highest BCUT2D eigenvalue weighted by atomic mass is 19.1. The molecule has 1 aromatic rings. The van der Waals surface area contributed by atoms with E-state index in [9.17, 15) is 4.39 Å². The molecule has 0 atom stereocenters. The van der Waals surface area contributed by atoms with Crippen LogP contribution in [-0.2, 0) is 11.3 Å². The van der Waals surface area contributed by atoms with Crippen LogP contribution in [0.3, 0.4) is 0 Å². The van der Waals surface area contributed by atoms with E-state index in [0.717, 1.165) is 17.8 Å². The molecule has 3 rings (SSSR count). The van der Waals surface area contributed by atoms with Gasteiger partial charge in [0.15, 0.2) is 0 Å². The first-order valence-corrected chi connectivity index (χ1v) is 11.0. The maximum atomic E-state index is 14.2. The van der Waals surface area contributed by atoms with E-state index in [2.05, 4.69) is 13.0 Å². The molecule has 0 amide bonds. The van der Waals surface area contributed by atoms with Crippen LogP contribution in [0.5, 0.6) is 0 Å². The predicted octanol–water partition coefficient (Wildman–Crippen LogP) is 7.24. The topological polar surface area (TPSA) is 9.23 Å². The molecule has 0 aromatic heterocycles. The number of methoxy groups -OCH3 is 1. The second-order valence-corrected chi connectivity index (χ2v) is 8.87. The number of ether oxygens (including phenoxy) is 1. The van der Waals surface area contributed by atoms with E-state index >= 15 is 0 Å². The van der Waals surface area contributed by atoms with Crippen LogP contribution in [0, 0.1) is 23.6 Å². The lowest BCUT2D eigenvalue weighted by Gasteiger charge is -2.32. The van der Waals surface area contributed by atoms with Crippen molar-refractivity contribution in [1.29, 1.82) is 0 Å². The second-order valence-electron chi connectivity index (χ2n) is 8.87. The van der Waals surface area contributed by atoms with Gasteiger partial charge in [0.2, 0.25) is 0 Å². The minimum Gasteiger partial charge on any atom is -0.380 e. The van der Waals surface area contributed by atoms with E-state index in [4.69, 9.17) is 4.74 Å². The summed E-state index contributed by atoms with van der Waals surface area (Å²) < 4.78 is 19.2. The third-order valence-corrected chi connectivity index (χ3v) is 7.22. The molecule has 2 aliphatic rings. The summed E-state index contributed by atoms with van der Waals surface area (Å²) in [5, 5.41) is 0. The van der Waals surface area contributed by atoms with Gasteiger partial charge in [-0.3, -0.25) is 0 Å². The summed E-state index contributed by atoms with van der Waals surface area (Å²) in [6, 6.07) is 5.78. The minimum absolute atomic E-state index is 0.103. The average molecular weight is 361 g/mol. The van der Waals surface area contributed by atoms with Crippen LogP contribution in [0.25, 0.3) is 0 Å². The third-order valence-electron chi connectivity index (χ3n) is 7.22. The Kier molecular flexibility index (Phi) is 7.54. The Labute approximate surface area is 159 Å². The zero-order valence-corrected chi connectivity index (χ0v) is 16.8. The van der Waals surface area contributed by atoms with Crippen LogP contribution < -0.4 is 0 Å². The Morgan fingerprint density at radius 3 is 2.00 bits per heavy atom. The first-order valence-electron chi connectivity index (χ1n) is 11.0. The van der Waals surface area contributed by atoms with Crippen molar-refractivity contribution in [3.8, 4) is 0 Å². The summed E-state index contributed by atoms with van der Waals surface area (Å²) in [5.41, 5.74) is 1.86. The van der Waals surface area contributed by atoms with Crippen molar-refractivity contribution in [2.45, 2.75) is 90.1 Å². The fourth-order valence-electron chi connectivity index (χ4n) is 5.27. The Hall–Kier alpha value is -0.890. The molecular weight excluding hydrogens is 323 g/mol. The number of rotatable bonds is 7. The van der Waals surface area contributed by atoms with Crippen molar-refractivity contribution in [3.63, 3.8) is 0 Å². The fraction of sp³-hybridized carbons (Fsp3) is 0.750. The van der Waals surface area contributed by atoms with E-state index in [1.165, 1.54) is 76.2 Å². The Morgan fingerprint density at radius 2 is 1.46 bits per heavy atom. The summed E-state index contributed by atoms with van der Waals surface area (Å²) in [6.45, 7) is 2.71. The van der Waals surface area contributed by atoms with Crippen LogP contribution in [-0.4, -0.2) is 7.11 Å². The molecule has 0 radical (unpaired) electrons. The maximum Gasteiger partial charge on any atom is 0.129 e. The normalized spacial score (nSPS) is 29.7. The molecule has 1 nitrogen and oxygen atoms in total. The van der Waals surface area contributed by atoms with Crippen molar-refractivity contribution in [2.75, 3.05) is 7.11 Å². The van der Waals surface area contributed by atoms with E-state index < -0.39 is 0 Å². The minimum atomic E-state index is -0.103. The number of hydrogen-bond donors (Lipinski definition) is 0. The third kappa shape index (κ3) is 5.31. The van der Waals surface area contributed by atoms with Gasteiger partial charge in [-0.2, -0.15) is 0 Å². The highest BCUT2D eigenvalue weighted by Gasteiger charge is 2.25. The molecule has 0 heterocycles. The SMILES string of the molecule is CC[C@H]1CC[C@H](CCC2CCC(c3ccc(COC)c(F)c3)CC2)CC1. The lowest BCUT2D eigenvalue weighted by atomic mass is 9.74. The molecule has 26 heavy (non-hydrogen) atoms. The molecule has 0 aliphatic heterocycles. The summed E-state index contributed by atoms with van der Waals surface area (Å²) in [5.74, 6) is 3.37. The van der Waals surface area contributed by atoms with Crippen LogP contribution in [0.1, 0.15) is 94.6 Å². The molecule has 2 heteroatoms. The summed E-state index contributed by atoms with van der Waals surface area (Å²) in [6.07, 6.45) is 15.3. The molecule has 0 bridgehead atoms. The molecule has 146 valence electrons. The van der Waals surface area contributed by atoms with E-state index in [1.807, 2.05) is 6.07 Å². The molecule has 0 saturated heterocycles. The summed E-state index contributed by atoms with van der Waals surface area (Å²) in [4.78, 5) is 0. The quantitative estimate of drug-likeness (QED) is 0.498. The molecule has 0 N–H and O–H groups in total. The van der Waals surface area contributed by atoms with Gasteiger partial charge in [-0.1, -0.05) is 64.0 Å². The van der Waals surface area contributed by atoms with Crippen LogP contribution in [0.4, 0.5) is 4.39 Å². The fourth-order valence-corrected chi connectivity index (χ4v) is 5.27. The molecular formula is C24H37FO. The number of hydrogen-bond acceptors (Lipinski definition) is 1. The Morgan fingerprint density at radius 1 is 0.885 bits per heavy atom.